The van der Waals surface area contributed by atoms with Gasteiger partial charge in [0.05, 0.1) is 17.4 Å². The van der Waals surface area contributed by atoms with Crippen molar-refractivity contribution in [1.82, 2.24) is 0 Å². The molecule has 1 saturated heterocycles. The molecule has 4 rings (SSSR count). The van der Waals surface area contributed by atoms with E-state index in [9.17, 15) is 24.5 Å². The van der Waals surface area contributed by atoms with Gasteiger partial charge in [-0.15, -0.1) is 0 Å². The second kappa shape index (κ2) is 11.3. The summed E-state index contributed by atoms with van der Waals surface area (Å²) in [6.07, 6.45) is 0.00884. The molecule has 10 heteroatoms. The molecule has 1 aliphatic rings. The maximum absolute atomic E-state index is 12.5. The quantitative estimate of drug-likeness (QED) is 0.170. The minimum absolute atomic E-state index is 0.00884. The van der Waals surface area contributed by atoms with Crippen molar-refractivity contribution < 1.29 is 33.5 Å². The average molecular weight is 504 g/mol. The highest BCUT2D eigenvalue weighted by Gasteiger charge is 2.36. The predicted molar refractivity (Wildman–Crippen MR) is 133 cm³/mol. The fourth-order valence-corrected chi connectivity index (χ4v) is 3.82. The molecule has 0 bridgehead atoms. The molecule has 0 spiro atoms. The maximum atomic E-state index is 12.5. The third-order valence-electron chi connectivity index (χ3n) is 5.72. The van der Waals surface area contributed by atoms with Gasteiger partial charge in [-0.25, -0.2) is 0 Å². The zero-order valence-electron chi connectivity index (χ0n) is 20.0. The van der Waals surface area contributed by atoms with E-state index in [1.54, 1.807) is 36.4 Å². The fraction of sp³-hybridized carbons (Fsp3) is 0.222. The summed E-state index contributed by atoms with van der Waals surface area (Å²) in [4.78, 5) is 49.2. The smallest absolute Gasteiger partial charge is 0.311 e. The fourth-order valence-electron chi connectivity index (χ4n) is 3.82. The molecule has 1 fully saturated rings. The van der Waals surface area contributed by atoms with Crippen LogP contribution in [0.2, 0.25) is 0 Å². The van der Waals surface area contributed by atoms with Crippen molar-refractivity contribution in [2.75, 3.05) is 24.7 Å². The number of Topliss-reactive ketones (excluding diaryl/α,β-unsaturated/α-hetero) is 1. The Hall–Kier alpha value is -4.73. The predicted octanol–water partition coefficient (Wildman–Crippen LogP) is 4.56. The number of non-ortho nitro benzene ring substituents is 1. The molecule has 3 aromatic rings. The van der Waals surface area contributed by atoms with Gasteiger partial charge in [0, 0.05) is 36.3 Å². The van der Waals surface area contributed by atoms with Crippen molar-refractivity contribution in [3.05, 3.63) is 88.5 Å². The summed E-state index contributed by atoms with van der Waals surface area (Å²) in [5.74, 6) is -0.329. The summed E-state index contributed by atoms with van der Waals surface area (Å²) in [5.41, 5.74) is 0.937. The van der Waals surface area contributed by atoms with Crippen LogP contribution in [0.1, 0.15) is 23.7 Å². The van der Waals surface area contributed by atoms with E-state index in [4.69, 9.17) is 14.2 Å². The van der Waals surface area contributed by atoms with E-state index < -0.39 is 29.2 Å². The van der Waals surface area contributed by atoms with Crippen LogP contribution in [0.15, 0.2) is 72.8 Å². The topological polar surface area (TPSA) is 125 Å². The number of nitro benzene ring substituents is 1. The van der Waals surface area contributed by atoms with Gasteiger partial charge in [-0.2, -0.15) is 0 Å². The molecule has 0 unspecified atom stereocenters. The summed E-state index contributed by atoms with van der Waals surface area (Å²) >= 11 is 0. The molecule has 0 radical (unpaired) electrons. The summed E-state index contributed by atoms with van der Waals surface area (Å²) in [5, 5.41) is 10.7. The summed E-state index contributed by atoms with van der Waals surface area (Å²) in [6, 6.07) is 18.9. The molecule has 1 aliphatic heterocycles. The van der Waals surface area contributed by atoms with Crippen molar-refractivity contribution in [2.45, 2.75) is 13.3 Å². The first-order chi connectivity index (χ1) is 17.8. The maximum Gasteiger partial charge on any atom is 0.311 e. The van der Waals surface area contributed by atoms with Gasteiger partial charge in [-0.05, 0) is 67.6 Å². The molecule has 1 atom stereocenters. The minimum atomic E-state index is -0.663. The van der Waals surface area contributed by atoms with Gasteiger partial charge in [0.2, 0.25) is 5.91 Å². The Bertz CT molecular complexity index is 1290. The standard InChI is InChI=1S/C27H24N2O8/c1-2-35-22-11-5-20(6-12-22)28-16-19(15-26(28)31)27(32)36-17-25(30)18-3-9-23(10-4-18)37-24-13-7-21(8-14-24)29(33)34/h3-14,19H,2,15-17H2,1H3/t19-/m0/s1. The largest absolute Gasteiger partial charge is 0.494 e. The van der Waals surface area contributed by atoms with Crippen LogP contribution < -0.4 is 14.4 Å². The van der Waals surface area contributed by atoms with Crippen LogP contribution in [-0.4, -0.2) is 42.3 Å². The van der Waals surface area contributed by atoms with Gasteiger partial charge < -0.3 is 19.1 Å². The first-order valence-corrected chi connectivity index (χ1v) is 11.6. The Balaban J connectivity index is 1.27. The first kappa shape index (κ1) is 25.4. The number of amides is 1. The molecule has 37 heavy (non-hydrogen) atoms. The number of carbonyl (C=O) groups is 3. The molecule has 3 aromatic carbocycles. The molecule has 1 amide bonds. The lowest BCUT2D eigenvalue weighted by Gasteiger charge is -2.17. The van der Waals surface area contributed by atoms with Gasteiger partial charge in [-0.1, -0.05) is 0 Å². The van der Waals surface area contributed by atoms with Crippen LogP contribution in [0.25, 0.3) is 0 Å². The molecule has 1 heterocycles. The number of nitrogens with zero attached hydrogens (tertiary/aromatic N) is 2. The monoisotopic (exact) mass is 504 g/mol. The molecule has 10 nitrogen and oxygen atoms in total. The number of ether oxygens (including phenoxy) is 3. The minimum Gasteiger partial charge on any atom is -0.494 e. The highest BCUT2D eigenvalue weighted by molar-refractivity contribution is 6.01. The Morgan fingerprint density at radius 3 is 2.14 bits per heavy atom. The third kappa shape index (κ3) is 6.29. The van der Waals surface area contributed by atoms with E-state index in [0.29, 0.717) is 35.1 Å². The van der Waals surface area contributed by atoms with Crippen molar-refractivity contribution >= 4 is 29.0 Å². The highest BCUT2D eigenvalue weighted by Crippen LogP contribution is 2.28. The van der Waals surface area contributed by atoms with Crippen molar-refractivity contribution in [2.24, 2.45) is 5.92 Å². The number of hydrogen-bond acceptors (Lipinski definition) is 8. The summed E-state index contributed by atoms with van der Waals surface area (Å²) in [6.45, 7) is 2.14. The number of carbonyl (C=O) groups excluding carboxylic acids is 3. The number of rotatable bonds is 10. The number of ketones is 1. The third-order valence-corrected chi connectivity index (χ3v) is 5.72. The molecule has 0 N–H and O–H groups in total. The second-order valence-corrected chi connectivity index (χ2v) is 8.24. The Morgan fingerprint density at radius 1 is 0.946 bits per heavy atom. The van der Waals surface area contributed by atoms with Crippen LogP contribution >= 0.6 is 0 Å². The van der Waals surface area contributed by atoms with E-state index in [-0.39, 0.29) is 24.6 Å². The van der Waals surface area contributed by atoms with E-state index in [2.05, 4.69) is 0 Å². The molecule has 0 aromatic heterocycles. The van der Waals surface area contributed by atoms with Crippen molar-refractivity contribution in [1.29, 1.82) is 0 Å². The number of esters is 1. The van der Waals surface area contributed by atoms with Crippen LogP contribution in [0, 0.1) is 16.0 Å². The zero-order valence-corrected chi connectivity index (χ0v) is 20.0. The number of benzene rings is 3. The van der Waals surface area contributed by atoms with E-state index >= 15 is 0 Å². The van der Waals surface area contributed by atoms with Gasteiger partial charge in [0.25, 0.3) is 5.69 Å². The van der Waals surface area contributed by atoms with Crippen LogP contribution in [0.5, 0.6) is 17.2 Å². The highest BCUT2D eigenvalue weighted by atomic mass is 16.6. The summed E-state index contributed by atoms with van der Waals surface area (Å²) < 4.78 is 16.2. The van der Waals surface area contributed by atoms with Crippen LogP contribution in [-0.2, 0) is 14.3 Å². The summed E-state index contributed by atoms with van der Waals surface area (Å²) in [7, 11) is 0. The van der Waals surface area contributed by atoms with Gasteiger partial charge in [0.1, 0.15) is 17.2 Å². The molecular formula is C27H24N2O8. The van der Waals surface area contributed by atoms with Gasteiger partial charge in [-0.3, -0.25) is 24.5 Å². The lowest BCUT2D eigenvalue weighted by atomic mass is 10.1. The number of anilines is 1. The van der Waals surface area contributed by atoms with Crippen molar-refractivity contribution in [3.8, 4) is 17.2 Å². The molecule has 0 saturated carbocycles. The Morgan fingerprint density at radius 2 is 1.54 bits per heavy atom. The zero-order chi connectivity index (χ0) is 26.4. The van der Waals surface area contributed by atoms with Gasteiger partial charge in [0.15, 0.2) is 12.4 Å². The molecule has 190 valence electrons. The number of hydrogen-bond donors (Lipinski definition) is 0. The second-order valence-electron chi connectivity index (χ2n) is 8.24. The van der Waals surface area contributed by atoms with Crippen molar-refractivity contribution in [3.63, 3.8) is 0 Å². The van der Waals surface area contributed by atoms with E-state index in [1.165, 1.54) is 41.3 Å². The normalized spacial score (nSPS) is 14.8. The lowest BCUT2D eigenvalue weighted by Crippen LogP contribution is -2.27. The van der Waals surface area contributed by atoms with Crippen LogP contribution in [0.4, 0.5) is 11.4 Å². The Labute approximate surface area is 212 Å². The van der Waals surface area contributed by atoms with Crippen LogP contribution in [0.3, 0.4) is 0 Å². The molecule has 0 aliphatic carbocycles. The average Bonchev–Trinajstić information content (AvgIpc) is 3.30. The van der Waals surface area contributed by atoms with Gasteiger partial charge >= 0.3 is 5.97 Å². The SMILES string of the molecule is CCOc1ccc(N2C[C@@H](C(=O)OCC(=O)c3ccc(Oc4ccc([N+](=O)[O-])cc4)cc3)CC2=O)cc1. The van der Waals surface area contributed by atoms with E-state index in [1.807, 2.05) is 6.92 Å². The Kier molecular flexibility index (Phi) is 7.77. The molecular weight excluding hydrogens is 480 g/mol. The number of nitro groups is 1. The lowest BCUT2D eigenvalue weighted by molar-refractivity contribution is -0.384. The first-order valence-electron chi connectivity index (χ1n) is 11.6. The van der Waals surface area contributed by atoms with E-state index in [0.717, 1.165) is 0 Å².